The number of nitrogens with zero attached hydrogens (tertiary/aromatic N) is 3. The third kappa shape index (κ3) is 6.39. The van der Waals surface area contributed by atoms with Gasteiger partial charge in [-0.1, -0.05) is 70.9 Å². The third-order valence-corrected chi connectivity index (χ3v) is 8.56. The maximum absolute atomic E-state index is 14.2. The Kier molecular flexibility index (Phi) is 9.78. The van der Waals surface area contributed by atoms with Gasteiger partial charge in [0.2, 0.25) is 0 Å². The molecule has 1 atom stereocenters. The van der Waals surface area contributed by atoms with Gasteiger partial charge in [0.25, 0.3) is 5.56 Å². The molecule has 0 unspecified atom stereocenters. The maximum Gasteiger partial charge on any atom is 0.338 e. The van der Waals surface area contributed by atoms with E-state index in [0.29, 0.717) is 55.2 Å². The minimum absolute atomic E-state index is 0.187. The Morgan fingerprint density at radius 1 is 1.14 bits per heavy atom. The zero-order chi connectivity index (χ0) is 31.2. The zero-order valence-corrected chi connectivity index (χ0v) is 26.9. The summed E-state index contributed by atoms with van der Waals surface area (Å²) in [5.41, 5.74) is 3.35. The molecular weight excluding hydrogens is 642 g/mol. The molecule has 5 rings (SSSR count). The van der Waals surface area contributed by atoms with Crippen molar-refractivity contribution in [1.29, 1.82) is 5.26 Å². The lowest BCUT2D eigenvalue weighted by molar-refractivity contribution is -0.139. The van der Waals surface area contributed by atoms with E-state index in [0.717, 1.165) is 16.5 Å². The first-order valence-corrected chi connectivity index (χ1v) is 15.8. The number of ether oxygens (including phenoxy) is 3. The van der Waals surface area contributed by atoms with E-state index in [-0.39, 0.29) is 18.8 Å². The number of esters is 1. The molecule has 0 amide bonds. The Morgan fingerprint density at radius 3 is 2.70 bits per heavy atom. The molecular formula is C34H30BrN3O5S. The second-order valence-electron chi connectivity index (χ2n) is 9.93. The van der Waals surface area contributed by atoms with E-state index in [1.54, 1.807) is 30.7 Å². The number of nitriles is 1. The van der Waals surface area contributed by atoms with Crippen molar-refractivity contribution >= 4 is 39.3 Å². The van der Waals surface area contributed by atoms with Crippen LogP contribution in [-0.2, 0) is 16.1 Å². The fourth-order valence-corrected chi connectivity index (χ4v) is 6.45. The highest BCUT2D eigenvalue weighted by molar-refractivity contribution is 9.10. The van der Waals surface area contributed by atoms with Gasteiger partial charge in [-0.2, -0.15) is 5.26 Å². The number of hydrogen-bond acceptors (Lipinski definition) is 8. The van der Waals surface area contributed by atoms with E-state index in [1.807, 2.05) is 67.6 Å². The van der Waals surface area contributed by atoms with Gasteiger partial charge in [-0.15, -0.1) is 0 Å². The second kappa shape index (κ2) is 13.9. The van der Waals surface area contributed by atoms with E-state index in [4.69, 9.17) is 19.2 Å². The largest absolute Gasteiger partial charge is 0.497 e. The van der Waals surface area contributed by atoms with Crippen LogP contribution in [0.4, 0.5) is 0 Å². The number of allylic oxidation sites excluding steroid dienone is 1. The number of rotatable bonds is 10. The Balaban J connectivity index is 1.66. The first-order valence-electron chi connectivity index (χ1n) is 14.1. The van der Waals surface area contributed by atoms with Gasteiger partial charge in [0, 0.05) is 15.6 Å². The van der Waals surface area contributed by atoms with Crippen molar-refractivity contribution in [1.82, 2.24) is 4.57 Å². The van der Waals surface area contributed by atoms with Crippen LogP contribution in [0, 0.1) is 11.3 Å². The van der Waals surface area contributed by atoms with Gasteiger partial charge >= 0.3 is 5.97 Å². The topological polar surface area (TPSA) is 103 Å². The van der Waals surface area contributed by atoms with Gasteiger partial charge in [-0.05, 0) is 61.4 Å². The number of hydrogen-bond donors (Lipinski definition) is 0. The molecule has 4 aromatic rings. The smallest absolute Gasteiger partial charge is 0.338 e. The van der Waals surface area contributed by atoms with Gasteiger partial charge in [0.15, 0.2) is 4.80 Å². The first kappa shape index (κ1) is 31.0. The number of benzene rings is 3. The van der Waals surface area contributed by atoms with Crippen LogP contribution in [0.1, 0.15) is 55.0 Å². The number of fused-ring (bicyclic) bond motifs is 1. The number of methoxy groups -OCH3 is 1. The standard InChI is InChI=1S/C34H30BrN3O5S/c1-4-9-27-30(33(40)42-5-2)31(21-12-8-13-26(17-21)41-3)38-32(39)29(44-34(38)37-27)18-24-16-25(35)14-15-28(24)43-20-23-11-7-6-10-22(23)19-36/h6-8,10-18,31H,4-5,9,20H2,1-3H3/b29-18-/t31-/m1/s1. The van der Waals surface area contributed by atoms with Crippen LogP contribution in [0.15, 0.2) is 92.3 Å². The molecule has 44 heavy (non-hydrogen) atoms. The summed E-state index contributed by atoms with van der Waals surface area (Å²) in [5, 5.41) is 9.48. The summed E-state index contributed by atoms with van der Waals surface area (Å²) >= 11 is 4.79. The van der Waals surface area contributed by atoms with Crippen molar-refractivity contribution in [3.8, 4) is 17.6 Å². The van der Waals surface area contributed by atoms with Gasteiger partial charge in [-0.3, -0.25) is 9.36 Å². The molecule has 8 nitrogen and oxygen atoms in total. The van der Waals surface area contributed by atoms with Crippen LogP contribution in [0.5, 0.6) is 11.5 Å². The minimum Gasteiger partial charge on any atom is -0.497 e. The molecule has 1 aliphatic rings. The predicted molar refractivity (Wildman–Crippen MR) is 172 cm³/mol. The molecule has 0 fully saturated rings. The fourth-order valence-electron chi connectivity index (χ4n) is 5.06. The number of carbonyl (C=O) groups is 1. The highest BCUT2D eigenvalue weighted by Gasteiger charge is 2.34. The highest BCUT2D eigenvalue weighted by atomic mass is 79.9. The molecule has 0 radical (unpaired) electrons. The van der Waals surface area contributed by atoms with E-state index in [2.05, 4.69) is 22.0 Å². The van der Waals surface area contributed by atoms with E-state index >= 15 is 0 Å². The zero-order valence-electron chi connectivity index (χ0n) is 24.5. The molecule has 1 aliphatic heterocycles. The lowest BCUT2D eigenvalue weighted by Gasteiger charge is -2.26. The van der Waals surface area contributed by atoms with E-state index in [1.165, 1.54) is 11.3 Å². The lowest BCUT2D eigenvalue weighted by atomic mass is 9.94. The average molecular weight is 673 g/mol. The van der Waals surface area contributed by atoms with Gasteiger partial charge in [-0.25, -0.2) is 9.79 Å². The van der Waals surface area contributed by atoms with Crippen molar-refractivity contribution in [2.45, 2.75) is 39.3 Å². The molecule has 2 heterocycles. The molecule has 0 aliphatic carbocycles. The Labute approximate surface area is 267 Å². The molecule has 10 heteroatoms. The summed E-state index contributed by atoms with van der Waals surface area (Å²) in [4.78, 5) is 32.9. The fraction of sp³-hybridized carbons (Fsp3) is 0.235. The minimum atomic E-state index is -0.746. The summed E-state index contributed by atoms with van der Waals surface area (Å²) in [6, 6.07) is 21.6. The SMILES string of the molecule is CCCC1=C(C(=O)OCC)[C@@H](c2cccc(OC)c2)n2c(s/c(=C\c3cc(Br)ccc3OCc3ccccc3C#N)c2=O)=N1. The van der Waals surface area contributed by atoms with Crippen molar-refractivity contribution in [2.75, 3.05) is 13.7 Å². The van der Waals surface area contributed by atoms with Crippen molar-refractivity contribution in [3.63, 3.8) is 0 Å². The van der Waals surface area contributed by atoms with Crippen LogP contribution < -0.4 is 24.4 Å². The maximum atomic E-state index is 14.2. The van der Waals surface area contributed by atoms with Crippen LogP contribution in [-0.4, -0.2) is 24.3 Å². The number of carbonyl (C=O) groups excluding carboxylic acids is 1. The van der Waals surface area contributed by atoms with E-state index < -0.39 is 12.0 Å². The molecule has 0 spiro atoms. The Hall–Kier alpha value is -4.46. The molecule has 0 saturated carbocycles. The molecule has 3 aromatic carbocycles. The second-order valence-corrected chi connectivity index (χ2v) is 11.9. The van der Waals surface area contributed by atoms with Gasteiger partial charge in [0.05, 0.1) is 47.2 Å². The molecule has 1 aromatic heterocycles. The molecule has 224 valence electrons. The molecule has 0 saturated heterocycles. The highest BCUT2D eigenvalue weighted by Crippen LogP contribution is 2.34. The normalized spacial score (nSPS) is 14.4. The van der Waals surface area contributed by atoms with Crippen LogP contribution in [0.3, 0.4) is 0 Å². The van der Waals surface area contributed by atoms with Crippen molar-refractivity contribution < 1.29 is 19.0 Å². The van der Waals surface area contributed by atoms with Crippen molar-refractivity contribution in [3.05, 3.63) is 124 Å². The van der Waals surface area contributed by atoms with Crippen molar-refractivity contribution in [2.24, 2.45) is 4.99 Å². The monoisotopic (exact) mass is 671 g/mol. The predicted octanol–water partition coefficient (Wildman–Crippen LogP) is 5.80. The summed E-state index contributed by atoms with van der Waals surface area (Å²) < 4.78 is 19.9. The summed E-state index contributed by atoms with van der Waals surface area (Å²) in [6.07, 6.45) is 3.08. The van der Waals surface area contributed by atoms with Gasteiger partial charge < -0.3 is 14.2 Å². The molecule has 0 N–H and O–H groups in total. The number of aromatic nitrogens is 1. The van der Waals surface area contributed by atoms with Crippen LogP contribution in [0.2, 0.25) is 0 Å². The number of thiazole rings is 1. The summed E-state index contributed by atoms with van der Waals surface area (Å²) in [6.45, 7) is 4.16. The van der Waals surface area contributed by atoms with E-state index in [9.17, 15) is 14.9 Å². The number of halogens is 1. The van der Waals surface area contributed by atoms with Crippen LogP contribution >= 0.6 is 27.3 Å². The quantitative estimate of drug-likeness (QED) is 0.198. The Bertz CT molecular complexity index is 1970. The lowest BCUT2D eigenvalue weighted by Crippen LogP contribution is -2.40. The summed E-state index contributed by atoms with van der Waals surface area (Å²) in [5.74, 6) is 0.660. The van der Waals surface area contributed by atoms with Crippen LogP contribution in [0.25, 0.3) is 6.08 Å². The molecule has 0 bridgehead atoms. The summed E-state index contributed by atoms with van der Waals surface area (Å²) in [7, 11) is 1.58. The first-order chi connectivity index (χ1) is 21.4. The van der Waals surface area contributed by atoms with Gasteiger partial charge in [0.1, 0.15) is 18.1 Å². The third-order valence-electron chi connectivity index (χ3n) is 7.08. The Morgan fingerprint density at radius 2 is 1.95 bits per heavy atom. The average Bonchev–Trinajstić information content (AvgIpc) is 3.34.